The monoisotopic (exact) mass is 577 g/mol. The minimum Gasteiger partial charge on any atom is -0.361 e. The summed E-state index contributed by atoms with van der Waals surface area (Å²) >= 11 is 13.7. The highest BCUT2D eigenvalue weighted by atomic mass is 35.5. The van der Waals surface area contributed by atoms with Crippen LogP contribution >= 0.6 is 34.5 Å². The number of rotatable bonds is 10. The van der Waals surface area contributed by atoms with E-state index in [1.807, 2.05) is 23.3 Å². The topological polar surface area (TPSA) is 91.6 Å². The molecule has 4 rings (SSSR count). The second-order valence-corrected chi connectivity index (χ2v) is 11.4. The normalized spacial score (nSPS) is 15.4. The van der Waals surface area contributed by atoms with Gasteiger partial charge in [-0.15, -0.1) is 0 Å². The van der Waals surface area contributed by atoms with Gasteiger partial charge < -0.3 is 19.6 Å². The lowest BCUT2D eigenvalue weighted by atomic mass is 9.99. The Morgan fingerprint density at radius 1 is 1.26 bits per heavy atom. The quantitative estimate of drug-likeness (QED) is 0.329. The van der Waals surface area contributed by atoms with E-state index in [9.17, 15) is 9.59 Å². The number of nitrogens with one attached hydrogen (secondary N) is 1. The van der Waals surface area contributed by atoms with Gasteiger partial charge in [0.25, 0.3) is 5.91 Å². The fraction of sp³-hybridized carbons (Fsp3) is 0.481. The third kappa shape index (κ3) is 7.34. The number of halogens is 2. The van der Waals surface area contributed by atoms with Gasteiger partial charge in [-0.1, -0.05) is 28.4 Å². The van der Waals surface area contributed by atoms with Crippen LogP contribution in [0.2, 0.25) is 10.3 Å². The number of likely N-dealkylation sites (tertiary alicyclic amines) is 1. The van der Waals surface area contributed by atoms with Gasteiger partial charge in [-0.25, -0.2) is 4.98 Å². The summed E-state index contributed by atoms with van der Waals surface area (Å²) in [6.45, 7) is 8.73. The number of hydrogen-bond acceptors (Lipinski definition) is 7. The van der Waals surface area contributed by atoms with Gasteiger partial charge in [0.2, 0.25) is 5.91 Å². The van der Waals surface area contributed by atoms with E-state index in [1.165, 1.54) is 0 Å². The molecule has 1 N–H and O–H groups in total. The second-order valence-electron chi connectivity index (χ2n) is 9.85. The minimum absolute atomic E-state index is 0.0622. The predicted molar refractivity (Wildman–Crippen MR) is 150 cm³/mol. The summed E-state index contributed by atoms with van der Waals surface area (Å²) in [5.74, 6) is 0.418. The van der Waals surface area contributed by atoms with Crippen LogP contribution in [0.4, 0.5) is 0 Å². The number of nitrogens with zero attached hydrogens (tertiary/aromatic N) is 4. The average molecular weight is 579 g/mol. The van der Waals surface area contributed by atoms with Gasteiger partial charge in [0.15, 0.2) is 0 Å². The number of amides is 2. The van der Waals surface area contributed by atoms with E-state index in [-0.39, 0.29) is 40.6 Å². The van der Waals surface area contributed by atoms with Crippen LogP contribution in [0.5, 0.6) is 0 Å². The lowest BCUT2D eigenvalue weighted by Gasteiger charge is -2.40. The molecule has 4 heterocycles. The molecular formula is C27H33Cl2N5O3S. The van der Waals surface area contributed by atoms with Crippen molar-refractivity contribution in [3.8, 4) is 0 Å². The number of hydrogen-bond donors (Lipinski definition) is 1. The van der Waals surface area contributed by atoms with Crippen LogP contribution in [0.3, 0.4) is 0 Å². The molecule has 0 spiro atoms. The van der Waals surface area contributed by atoms with Crippen molar-refractivity contribution < 1.29 is 14.1 Å². The number of pyridine rings is 1. The molecule has 3 aromatic rings. The molecule has 1 aliphatic rings. The molecule has 204 valence electrons. The minimum atomic E-state index is -0.243. The maximum absolute atomic E-state index is 13.3. The van der Waals surface area contributed by atoms with Crippen LogP contribution in [0.25, 0.3) is 0 Å². The van der Waals surface area contributed by atoms with Crippen LogP contribution < -0.4 is 5.32 Å². The van der Waals surface area contributed by atoms with Crippen LogP contribution in [0.15, 0.2) is 33.5 Å². The van der Waals surface area contributed by atoms with Gasteiger partial charge in [-0.3, -0.25) is 9.59 Å². The maximum Gasteiger partial charge on any atom is 0.254 e. The van der Waals surface area contributed by atoms with Gasteiger partial charge in [0.05, 0.1) is 17.7 Å². The van der Waals surface area contributed by atoms with Gasteiger partial charge in [0.1, 0.15) is 16.1 Å². The summed E-state index contributed by atoms with van der Waals surface area (Å²) < 4.78 is 5.31. The fourth-order valence-electron chi connectivity index (χ4n) is 4.92. The largest absolute Gasteiger partial charge is 0.361 e. The zero-order valence-electron chi connectivity index (χ0n) is 21.9. The van der Waals surface area contributed by atoms with E-state index in [0.29, 0.717) is 30.0 Å². The number of piperidine rings is 1. The van der Waals surface area contributed by atoms with Crippen molar-refractivity contribution in [3.05, 3.63) is 67.4 Å². The zero-order chi connectivity index (χ0) is 27.2. The van der Waals surface area contributed by atoms with Crippen molar-refractivity contribution in [2.45, 2.75) is 65.1 Å². The van der Waals surface area contributed by atoms with Crippen LogP contribution in [0.1, 0.15) is 59.1 Å². The first kappa shape index (κ1) is 28.5. The lowest BCUT2D eigenvalue weighted by Crippen LogP contribution is -2.49. The Hall–Kier alpha value is -2.46. The number of thiophene rings is 1. The van der Waals surface area contributed by atoms with Crippen molar-refractivity contribution in [1.29, 1.82) is 0 Å². The van der Waals surface area contributed by atoms with E-state index in [4.69, 9.17) is 27.7 Å². The standard InChI is InChI=1S/C27H33Cl2N5O3S/c1-17-12-23(28)31-26(29)25(17)27(36)30-8-4-19(3)33-9-5-21(6-10-33)34(15-20-7-11-38-16-20)24(35)14-22-13-18(2)32-37-22/h7,11-13,16,19,21H,4-6,8-10,14-15H2,1-3H3,(H,30,36). The second kappa shape index (κ2) is 13.1. The number of carbonyl (C=O) groups excluding carboxylic acids is 2. The van der Waals surface area contributed by atoms with E-state index in [0.717, 1.165) is 43.6 Å². The van der Waals surface area contributed by atoms with Crippen molar-refractivity contribution in [2.75, 3.05) is 19.6 Å². The van der Waals surface area contributed by atoms with Crippen LogP contribution in [-0.4, -0.2) is 63.5 Å². The van der Waals surface area contributed by atoms with Crippen LogP contribution in [0, 0.1) is 13.8 Å². The zero-order valence-corrected chi connectivity index (χ0v) is 24.2. The van der Waals surface area contributed by atoms with E-state index < -0.39 is 0 Å². The van der Waals surface area contributed by atoms with Gasteiger partial charge in [0, 0.05) is 44.3 Å². The summed E-state index contributed by atoms with van der Waals surface area (Å²) in [6, 6.07) is 5.98. The lowest BCUT2D eigenvalue weighted by molar-refractivity contribution is -0.135. The summed E-state index contributed by atoms with van der Waals surface area (Å²) in [5, 5.41) is 11.4. The Bertz CT molecular complexity index is 1220. The predicted octanol–water partition coefficient (Wildman–Crippen LogP) is 5.30. The number of carbonyl (C=O) groups is 2. The first-order valence-electron chi connectivity index (χ1n) is 12.8. The Morgan fingerprint density at radius 3 is 2.66 bits per heavy atom. The molecule has 0 saturated carbocycles. The van der Waals surface area contributed by atoms with Crippen LogP contribution in [-0.2, 0) is 17.8 Å². The summed E-state index contributed by atoms with van der Waals surface area (Å²) in [7, 11) is 0. The highest BCUT2D eigenvalue weighted by Crippen LogP contribution is 2.24. The van der Waals surface area contributed by atoms with E-state index >= 15 is 0 Å². The number of aryl methyl sites for hydroxylation is 2. The molecule has 0 aromatic carbocycles. The summed E-state index contributed by atoms with van der Waals surface area (Å²) in [6.07, 6.45) is 2.81. The maximum atomic E-state index is 13.3. The average Bonchev–Trinajstić information content (AvgIpc) is 3.53. The molecular weight excluding hydrogens is 545 g/mol. The van der Waals surface area contributed by atoms with E-state index in [2.05, 4.69) is 38.7 Å². The SMILES string of the molecule is Cc1cc(CC(=O)N(Cc2ccsc2)C2CCN(C(C)CCNC(=O)c3c(C)cc(Cl)nc3Cl)CC2)on1. The molecule has 1 unspecified atom stereocenters. The van der Waals surface area contributed by atoms with Crippen molar-refractivity contribution in [3.63, 3.8) is 0 Å². The summed E-state index contributed by atoms with van der Waals surface area (Å²) in [4.78, 5) is 34.4. The highest BCUT2D eigenvalue weighted by Gasteiger charge is 2.30. The Labute approximate surface area is 237 Å². The molecule has 2 amide bonds. The van der Waals surface area contributed by atoms with Crippen molar-refractivity contribution >= 4 is 46.4 Å². The molecule has 0 aliphatic carbocycles. The van der Waals surface area contributed by atoms with Gasteiger partial charge in [-0.2, -0.15) is 11.3 Å². The molecule has 0 radical (unpaired) electrons. The molecule has 1 aliphatic heterocycles. The van der Waals surface area contributed by atoms with Gasteiger partial charge >= 0.3 is 0 Å². The molecule has 3 aromatic heterocycles. The molecule has 8 nitrogen and oxygen atoms in total. The molecule has 1 saturated heterocycles. The van der Waals surface area contributed by atoms with Crippen molar-refractivity contribution in [1.82, 2.24) is 25.3 Å². The number of aromatic nitrogens is 2. The van der Waals surface area contributed by atoms with E-state index in [1.54, 1.807) is 24.3 Å². The Kier molecular flexibility index (Phi) is 9.81. The van der Waals surface area contributed by atoms with Gasteiger partial charge in [-0.05, 0) is 74.1 Å². The molecule has 0 bridgehead atoms. The molecule has 11 heteroatoms. The smallest absolute Gasteiger partial charge is 0.254 e. The Balaban J connectivity index is 1.29. The first-order valence-corrected chi connectivity index (χ1v) is 14.5. The highest BCUT2D eigenvalue weighted by molar-refractivity contribution is 7.07. The van der Waals surface area contributed by atoms with Crippen molar-refractivity contribution in [2.24, 2.45) is 0 Å². The fourth-order valence-corrected chi connectivity index (χ4v) is 6.20. The molecule has 1 atom stereocenters. The molecule has 1 fully saturated rings. The third-order valence-corrected chi connectivity index (χ3v) is 8.23. The third-order valence-electron chi connectivity index (χ3n) is 7.03. The molecule has 38 heavy (non-hydrogen) atoms. The Morgan fingerprint density at radius 2 is 2.03 bits per heavy atom. The summed E-state index contributed by atoms with van der Waals surface area (Å²) in [5.41, 5.74) is 2.98. The first-order chi connectivity index (χ1) is 18.2.